The molecule has 1 N–H and O–H groups in total. The number of hydrogen-bond acceptors (Lipinski definition) is 2. The fraction of sp³-hybridized carbons (Fsp3) is 0.333. The van der Waals surface area contributed by atoms with Crippen LogP contribution in [0.15, 0.2) is 24.3 Å². The Kier molecular flexibility index (Phi) is 3.15. The molecule has 3 rings (SSSR count). The Morgan fingerprint density at radius 3 is 2.84 bits per heavy atom. The quantitative estimate of drug-likeness (QED) is 0.901. The molecule has 1 aliphatic carbocycles. The standard InChI is InChI=1S/C15H15ClN2O/c1-9-5-6-11-8-12(16)14(17-13(11)7-9)18-15(19)10-3-2-4-10/h5-8,10H,2-4H2,1H3,(H,17,18,19). The van der Waals surface area contributed by atoms with E-state index in [2.05, 4.69) is 10.3 Å². The first-order chi connectivity index (χ1) is 9.13. The lowest BCUT2D eigenvalue weighted by Crippen LogP contribution is -2.28. The minimum absolute atomic E-state index is 0.0349. The van der Waals surface area contributed by atoms with Crippen molar-refractivity contribution in [1.82, 2.24) is 4.98 Å². The molecule has 1 amide bonds. The van der Waals surface area contributed by atoms with Crippen molar-refractivity contribution in [1.29, 1.82) is 0 Å². The molecule has 1 saturated carbocycles. The van der Waals surface area contributed by atoms with Gasteiger partial charge in [0.25, 0.3) is 0 Å². The minimum Gasteiger partial charge on any atom is -0.309 e. The van der Waals surface area contributed by atoms with Crippen molar-refractivity contribution in [2.45, 2.75) is 26.2 Å². The molecule has 0 saturated heterocycles. The zero-order valence-electron chi connectivity index (χ0n) is 10.7. The molecule has 1 aromatic heterocycles. The van der Waals surface area contributed by atoms with Gasteiger partial charge in [-0.1, -0.05) is 30.2 Å². The molecule has 2 aromatic rings. The summed E-state index contributed by atoms with van der Waals surface area (Å²) in [4.78, 5) is 16.4. The van der Waals surface area contributed by atoms with Crippen LogP contribution in [0.3, 0.4) is 0 Å². The molecule has 1 fully saturated rings. The number of pyridine rings is 1. The molecule has 0 atom stereocenters. The Balaban J connectivity index is 1.93. The summed E-state index contributed by atoms with van der Waals surface area (Å²) in [5.74, 6) is 0.635. The summed E-state index contributed by atoms with van der Waals surface area (Å²) in [5, 5.41) is 4.32. The molecule has 4 heteroatoms. The van der Waals surface area contributed by atoms with E-state index >= 15 is 0 Å². The Morgan fingerprint density at radius 2 is 2.16 bits per heavy atom. The SMILES string of the molecule is Cc1ccc2cc(Cl)c(NC(=O)C3CCC3)nc2c1. The Labute approximate surface area is 117 Å². The van der Waals surface area contributed by atoms with Crippen LogP contribution in [-0.2, 0) is 4.79 Å². The zero-order valence-corrected chi connectivity index (χ0v) is 11.5. The van der Waals surface area contributed by atoms with Crippen LogP contribution in [0.5, 0.6) is 0 Å². The number of nitrogens with one attached hydrogen (secondary N) is 1. The van der Waals surface area contributed by atoms with Crippen LogP contribution >= 0.6 is 11.6 Å². The molecule has 1 aliphatic rings. The Bertz CT molecular complexity index is 650. The topological polar surface area (TPSA) is 42.0 Å². The van der Waals surface area contributed by atoms with Crippen molar-refractivity contribution in [3.63, 3.8) is 0 Å². The molecule has 3 nitrogen and oxygen atoms in total. The maximum absolute atomic E-state index is 11.9. The van der Waals surface area contributed by atoms with Gasteiger partial charge >= 0.3 is 0 Å². The van der Waals surface area contributed by atoms with Crippen LogP contribution in [0.25, 0.3) is 10.9 Å². The van der Waals surface area contributed by atoms with Crippen LogP contribution in [0, 0.1) is 12.8 Å². The maximum atomic E-state index is 11.9. The van der Waals surface area contributed by atoms with Crippen LogP contribution in [-0.4, -0.2) is 10.9 Å². The van der Waals surface area contributed by atoms with E-state index in [1.807, 2.05) is 31.2 Å². The second-order valence-corrected chi connectivity index (χ2v) is 5.54. The highest BCUT2D eigenvalue weighted by molar-refractivity contribution is 6.34. The summed E-state index contributed by atoms with van der Waals surface area (Å²) in [6.45, 7) is 2.02. The molecule has 98 valence electrons. The lowest BCUT2D eigenvalue weighted by atomic mass is 9.85. The van der Waals surface area contributed by atoms with E-state index in [9.17, 15) is 4.79 Å². The van der Waals surface area contributed by atoms with Gasteiger partial charge in [0.05, 0.1) is 10.5 Å². The Hall–Kier alpha value is -1.61. The van der Waals surface area contributed by atoms with E-state index in [0.29, 0.717) is 10.8 Å². The molecule has 0 spiro atoms. The predicted molar refractivity (Wildman–Crippen MR) is 77.5 cm³/mol. The number of amides is 1. The first-order valence-corrected chi connectivity index (χ1v) is 6.89. The molecule has 0 radical (unpaired) electrons. The van der Waals surface area contributed by atoms with Gasteiger partial charge in [0.1, 0.15) is 0 Å². The van der Waals surface area contributed by atoms with Crippen LogP contribution < -0.4 is 5.32 Å². The summed E-state index contributed by atoms with van der Waals surface area (Å²) in [6.07, 6.45) is 3.07. The van der Waals surface area contributed by atoms with Gasteiger partial charge in [0, 0.05) is 11.3 Å². The first-order valence-electron chi connectivity index (χ1n) is 6.51. The van der Waals surface area contributed by atoms with Gasteiger partial charge in [-0.15, -0.1) is 0 Å². The summed E-state index contributed by atoms with van der Waals surface area (Å²) in [6, 6.07) is 7.85. The summed E-state index contributed by atoms with van der Waals surface area (Å²) >= 11 is 6.18. The van der Waals surface area contributed by atoms with Gasteiger partial charge in [-0.2, -0.15) is 0 Å². The van der Waals surface area contributed by atoms with E-state index in [4.69, 9.17) is 11.6 Å². The first kappa shape index (κ1) is 12.4. The van der Waals surface area contributed by atoms with Crippen molar-refractivity contribution in [3.8, 4) is 0 Å². The molecule has 1 aromatic carbocycles. The van der Waals surface area contributed by atoms with E-state index in [-0.39, 0.29) is 11.8 Å². The second-order valence-electron chi connectivity index (χ2n) is 5.13. The highest BCUT2D eigenvalue weighted by Crippen LogP contribution is 2.30. The van der Waals surface area contributed by atoms with E-state index < -0.39 is 0 Å². The number of hydrogen-bond donors (Lipinski definition) is 1. The smallest absolute Gasteiger partial charge is 0.228 e. The minimum atomic E-state index is 0.0349. The summed E-state index contributed by atoms with van der Waals surface area (Å²) < 4.78 is 0. The largest absolute Gasteiger partial charge is 0.309 e. The van der Waals surface area contributed by atoms with Crippen molar-refractivity contribution >= 4 is 34.2 Å². The molecular formula is C15H15ClN2O. The van der Waals surface area contributed by atoms with E-state index in [0.717, 1.165) is 35.7 Å². The zero-order chi connectivity index (χ0) is 13.4. The van der Waals surface area contributed by atoms with Crippen molar-refractivity contribution in [2.75, 3.05) is 5.32 Å². The summed E-state index contributed by atoms with van der Waals surface area (Å²) in [7, 11) is 0. The number of fused-ring (bicyclic) bond motifs is 1. The van der Waals surface area contributed by atoms with Crippen molar-refractivity contribution in [2.24, 2.45) is 5.92 Å². The third-order valence-electron chi connectivity index (χ3n) is 3.64. The van der Waals surface area contributed by atoms with Crippen LogP contribution in [0.2, 0.25) is 5.02 Å². The monoisotopic (exact) mass is 274 g/mol. The number of benzene rings is 1. The fourth-order valence-electron chi connectivity index (χ4n) is 2.23. The van der Waals surface area contributed by atoms with Gasteiger partial charge < -0.3 is 5.32 Å². The number of aromatic nitrogens is 1. The van der Waals surface area contributed by atoms with Gasteiger partial charge in [-0.25, -0.2) is 4.98 Å². The number of aryl methyl sites for hydroxylation is 1. The van der Waals surface area contributed by atoms with Gasteiger partial charge in [-0.05, 0) is 37.5 Å². The normalized spacial score (nSPS) is 15.3. The number of carbonyl (C=O) groups excluding carboxylic acids is 1. The van der Waals surface area contributed by atoms with Crippen molar-refractivity contribution < 1.29 is 4.79 Å². The number of anilines is 1. The third-order valence-corrected chi connectivity index (χ3v) is 3.93. The molecule has 0 aliphatic heterocycles. The highest BCUT2D eigenvalue weighted by atomic mass is 35.5. The van der Waals surface area contributed by atoms with Crippen molar-refractivity contribution in [3.05, 3.63) is 34.9 Å². The predicted octanol–water partition coefficient (Wildman–Crippen LogP) is 3.94. The average Bonchev–Trinajstić information content (AvgIpc) is 2.28. The molecule has 1 heterocycles. The molecular weight excluding hydrogens is 260 g/mol. The number of rotatable bonds is 2. The molecule has 0 bridgehead atoms. The number of halogens is 1. The van der Waals surface area contributed by atoms with E-state index in [1.165, 1.54) is 0 Å². The summed E-state index contributed by atoms with van der Waals surface area (Å²) in [5.41, 5.74) is 1.99. The number of carbonyl (C=O) groups is 1. The highest BCUT2D eigenvalue weighted by Gasteiger charge is 2.25. The third kappa shape index (κ3) is 2.43. The molecule has 19 heavy (non-hydrogen) atoms. The van der Waals surface area contributed by atoms with Gasteiger partial charge in [0.2, 0.25) is 5.91 Å². The average molecular weight is 275 g/mol. The fourth-order valence-corrected chi connectivity index (χ4v) is 2.44. The maximum Gasteiger partial charge on any atom is 0.228 e. The lowest BCUT2D eigenvalue weighted by Gasteiger charge is -2.24. The van der Waals surface area contributed by atoms with Crippen LogP contribution in [0.4, 0.5) is 5.82 Å². The second kappa shape index (κ2) is 4.82. The molecule has 0 unspecified atom stereocenters. The lowest BCUT2D eigenvalue weighted by molar-refractivity contribution is -0.122. The number of nitrogens with zero attached hydrogens (tertiary/aromatic N) is 1. The van der Waals surface area contributed by atoms with Gasteiger partial charge in [-0.3, -0.25) is 4.79 Å². The Morgan fingerprint density at radius 1 is 1.37 bits per heavy atom. The van der Waals surface area contributed by atoms with E-state index in [1.54, 1.807) is 0 Å². The van der Waals surface area contributed by atoms with Crippen LogP contribution in [0.1, 0.15) is 24.8 Å². The van der Waals surface area contributed by atoms with Gasteiger partial charge in [0.15, 0.2) is 5.82 Å².